The molecule has 112 valence electrons. The highest BCUT2D eigenvalue weighted by atomic mass is 16.6. The Morgan fingerprint density at radius 3 is 2.52 bits per heavy atom. The molecule has 0 spiro atoms. The highest BCUT2D eigenvalue weighted by molar-refractivity contribution is 5.87. The molecule has 1 aromatic carbocycles. The van der Waals surface area contributed by atoms with E-state index in [4.69, 9.17) is 4.74 Å². The number of ether oxygens (including phenoxy) is 1. The molecular weight excluding hydrogens is 268 g/mol. The van der Waals surface area contributed by atoms with Gasteiger partial charge in [-0.25, -0.2) is 4.79 Å². The lowest BCUT2D eigenvalue weighted by Crippen LogP contribution is -2.32. The van der Waals surface area contributed by atoms with Crippen LogP contribution in [0.2, 0.25) is 0 Å². The summed E-state index contributed by atoms with van der Waals surface area (Å²) in [5.41, 5.74) is -0.0119. The summed E-state index contributed by atoms with van der Waals surface area (Å²) in [6.07, 6.45) is 2.01. The molecule has 1 aliphatic rings. The average Bonchev–Trinajstić information content (AvgIpc) is 2.29. The SMILES string of the molecule is CC(C)(C)OC(=O)Nc1ccc(C2(C#N)CCC2)cc1O. The molecule has 0 atom stereocenters. The van der Waals surface area contributed by atoms with Crippen LogP contribution in [0.3, 0.4) is 0 Å². The first-order valence-corrected chi connectivity index (χ1v) is 7.00. The van der Waals surface area contributed by atoms with E-state index in [1.54, 1.807) is 39.0 Å². The van der Waals surface area contributed by atoms with Gasteiger partial charge in [-0.1, -0.05) is 6.07 Å². The van der Waals surface area contributed by atoms with Crippen molar-refractivity contribution in [1.82, 2.24) is 0 Å². The molecule has 21 heavy (non-hydrogen) atoms. The largest absolute Gasteiger partial charge is 0.506 e. The van der Waals surface area contributed by atoms with Gasteiger partial charge in [-0.15, -0.1) is 0 Å². The molecule has 0 radical (unpaired) electrons. The number of amides is 1. The van der Waals surface area contributed by atoms with Gasteiger partial charge in [-0.2, -0.15) is 5.26 Å². The fourth-order valence-corrected chi connectivity index (χ4v) is 2.34. The van der Waals surface area contributed by atoms with Crippen molar-refractivity contribution >= 4 is 11.8 Å². The maximum Gasteiger partial charge on any atom is 0.412 e. The van der Waals surface area contributed by atoms with E-state index in [0.29, 0.717) is 0 Å². The second kappa shape index (κ2) is 5.28. The number of hydrogen-bond acceptors (Lipinski definition) is 4. The zero-order chi connectivity index (χ0) is 15.7. The minimum absolute atomic E-state index is 0.0557. The van der Waals surface area contributed by atoms with Gasteiger partial charge in [0.1, 0.15) is 11.4 Å². The number of nitrogens with zero attached hydrogens (tertiary/aromatic N) is 1. The monoisotopic (exact) mass is 288 g/mol. The van der Waals surface area contributed by atoms with Crippen LogP contribution in [0.25, 0.3) is 0 Å². The summed E-state index contributed by atoms with van der Waals surface area (Å²) < 4.78 is 5.13. The van der Waals surface area contributed by atoms with E-state index in [1.807, 2.05) is 0 Å². The molecule has 0 bridgehead atoms. The summed E-state index contributed by atoms with van der Waals surface area (Å²) in [6, 6.07) is 7.25. The molecule has 5 nitrogen and oxygen atoms in total. The normalized spacial score (nSPS) is 16.5. The smallest absolute Gasteiger partial charge is 0.412 e. The van der Waals surface area contributed by atoms with Crippen LogP contribution in [0, 0.1) is 11.3 Å². The number of phenols is 1. The molecule has 0 aromatic heterocycles. The minimum atomic E-state index is -0.621. The van der Waals surface area contributed by atoms with Crippen molar-refractivity contribution in [3.63, 3.8) is 0 Å². The molecule has 1 fully saturated rings. The Labute approximate surface area is 124 Å². The van der Waals surface area contributed by atoms with Crippen LogP contribution in [0.4, 0.5) is 10.5 Å². The van der Waals surface area contributed by atoms with Crippen molar-refractivity contribution in [3.05, 3.63) is 23.8 Å². The van der Waals surface area contributed by atoms with Gasteiger partial charge in [-0.05, 0) is 57.7 Å². The number of anilines is 1. The van der Waals surface area contributed by atoms with Crippen LogP contribution in [-0.2, 0) is 10.2 Å². The zero-order valence-corrected chi connectivity index (χ0v) is 12.6. The van der Waals surface area contributed by atoms with E-state index in [9.17, 15) is 15.2 Å². The Bertz CT molecular complexity index is 593. The molecule has 0 aliphatic heterocycles. The standard InChI is InChI=1S/C16H20N2O3/c1-15(2,3)21-14(20)18-12-6-5-11(9-13(12)19)16(10-17)7-4-8-16/h5-6,9,19H,4,7-8H2,1-3H3,(H,18,20). The molecule has 1 aliphatic carbocycles. The first-order chi connectivity index (χ1) is 9.76. The van der Waals surface area contributed by atoms with Crippen LogP contribution >= 0.6 is 0 Å². The molecule has 1 amide bonds. The van der Waals surface area contributed by atoms with Crippen LogP contribution in [0.5, 0.6) is 5.75 Å². The van der Waals surface area contributed by atoms with Gasteiger partial charge in [-0.3, -0.25) is 5.32 Å². The molecule has 1 saturated carbocycles. The molecular formula is C16H20N2O3. The second-order valence-corrected chi connectivity index (χ2v) is 6.41. The molecule has 0 unspecified atom stereocenters. The van der Waals surface area contributed by atoms with Gasteiger partial charge < -0.3 is 9.84 Å². The van der Waals surface area contributed by atoms with Crippen LogP contribution in [0.1, 0.15) is 45.6 Å². The second-order valence-electron chi connectivity index (χ2n) is 6.41. The number of rotatable bonds is 2. The fourth-order valence-electron chi connectivity index (χ4n) is 2.34. The predicted molar refractivity (Wildman–Crippen MR) is 79.1 cm³/mol. The molecule has 5 heteroatoms. The Morgan fingerprint density at radius 2 is 2.10 bits per heavy atom. The predicted octanol–water partition coefficient (Wildman–Crippen LogP) is 3.68. The number of aromatic hydroxyl groups is 1. The molecule has 2 N–H and O–H groups in total. The third kappa shape index (κ3) is 3.27. The van der Waals surface area contributed by atoms with Crippen molar-refractivity contribution in [2.24, 2.45) is 0 Å². The van der Waals surface area contributed by atoms with Gasteiger partial charge in [0.15, 0.2) is 0 Å². The quantitative estimate of drug-likeness (QED) is 0.813. The maximum absolute atomic E-state index is 11.7. The van der Waals surface area contributed by atoms with Crippen molar-refractivity contribution in [3.8, 4) is 11.8 Å². The summed E-state index contributed by atoms with van der Waals surface area (Å²) in [5.74, 6) is -0.0557. The zero-order valence-electron chi connectivity index (χ0n) is 12.6. The first-order valence-electron chi connectivity index (χ1n) is 7.00. The number of hydrogen-bond donors (Lipinski definition) is 2. The number of nitriles is 1. The third-order valence-corrected chi connectivity index (χ3v) is 3.61. The number of benzene rings is 1. The van der Waals surface area contributed by atoms with E-state index < -0.39 is 17.1 Å². The molecule has 1 aromatic rings. The van der Waals surface area contributed by atoms with Crippen molar-refractivity contribution in [2.75, 3.05) is 5.32 Å². The van der Waals surface area contributed by atoms with Gasteiger partial charge in [0.05, 0.1) is 17.2 Å². The lowest BCUT2D eigenvalue weighted by molar-refractivity contribution is 0.0635. The summed E-state index contributed by atoms with van der Waals surface area (Å²) in [6.45, 7) is 5.30. The van der Waals surface area contributed by atoms with E-state index in [0.717, 1.165) is 24.8 Å². The number of carbonyl (C=O) groups excluding carboxylic acids is 1. The highest BCUT2D eigenvalue weighted by Gasteiger charge is 2.39. The maximum atomic E-state index is 11.7. The van der Waals surface area contributed by atoms with Crippen LogP contribution in [0.15, 0.2) is 18.2 Å². The van der Waals surface area contributed by atoms with Crippen molar-refractivity contribution in [1.29, 1.82) is 5.26 Å². The third-order valence-electron chi connectivity index (χ3n) is 3.61. The highest BCUT2D eigenvalue weighted by Crippen LogP contribution is 2.44. The number of phenolic OH excluding ortho intramolecular Hbond substituents is 1. The summed E-state index contributed by atoms with van der Waals surface area (Å²) in [5, 5.41) is 21.8. The molecule has 0 saturated heterocycles. The Kier molecular flexibility index (Phi) is 3.82. The Morgan fingerprint density at radius 1 is 1.43 bits per heavy atom. The summed E-state index contributed by atoms with van der Waals surface area (Å²) in [7, 11) is 0. The molecule has 2 rings (SSSR count). The van der Waals surface area contributed by atoms with Crippen LogP contribution in [-0.4, -0.2) is 16.8 Å². The van der Waals surface area contributed by atoms with Crippen molar-refractivity contribution < 1.29 is 14.6 Å². The van der Waals surface area contributed by atoms with Gasteiger partial charge in [0, 0.05) is 0 Å². The van der Waals surface area contributed by atoms with E-state index in [1.165, 1.54) is 0 Å². The Hall–Kier alpha value is -2.22. The Balaban J connectivity index is 2.14. The molecule has 0 heterocycles. The van der Waals surface area contributed by atoms with Crippen LogP contribution < -0.4 is 5.32 Å². The van der Waals surface area contributed by atoms with Gasteiger partial charge >= 0.3 is 6.09 Å². The van der Waals surface area contributed by atoms with Gasteiger partial charge in [0.2, 0.25) is 0 Å². The van der Waals surface area contributed by atoms with E-state index >= 15 is 0 Å². The lowest BCUT2D eigenvalue weighted by atomic mass is 9.65. The minimum Gasteiger partial charge on any atom is -0.506 e. The number of carbonyl (C=O) groups is 1. The van der Waals surface area contributed by atoms with Crippen molar-refractivity contribution in [2.45, 2.75) is 51.0 Å². The number of nitrogens with one attached hydrogen (secondary N) is 1. The summed E-state index contributed by atoms with van der Waals surface area (Å²) >= 11 is 0. The average molecular weight is 288 g/mol. The first kappa shape index (κ1) is 15.2. The fraction of sp³-hybridized carbons (Fsp3) is 0.500. The van der Waals surface area contributed by atoms with E-state index in [2.05, 4.69) is 11.4 Å². The lowest BCUT2D eigenvalue weighted by Gasteiger charge is -2.35. The topological polar surface area (TPSA) is 82.3 Å². The summed E-state index contributed by atoms with van der Waals surface area (Å²) in [4.78, 5) is 11.7. The van der Waals surface area contributed by atoms with Gasteiger partial charge in [0.25, 0.3) is 0 Å². The van der Waals surface area contributed by atoms with E-state index in [-0.39, 0.29) is 11.4 Å².